The van der Waals surface area contributed by atoms with Crippen LogP contribution >= 0.6 is 24.0 Å². The molecule has 1 heterocycles. The lowest BCUT2D eigenvalue weighted by molar-refractivity contribution is -0.119. The molecule has 1 aliphatic rings. The highest BCUT2D eigenvalue weighted by Crippen LogP contribution is 2.19. The van der Waals surface area contributed by atoms with E-state index in [2.05, 4.69) is 50.1 Å². The Morgan fingerprint density at radius 3 is 2.68 bits per heavy atom. The number of amides is 1. The largest absolute Gasteiger partial charge is 0.369 e. The SMILES string of the molecule is CCC(C)C(=O)Nc1cccc(CNC(=NC)NC2CCN(c3ccccc3)C2)c1.I. The number of nitrogens with zero attached hydrogens (tertiary/aromatic N) is 2. The van der Waals surface area contributed by atoms with Gasteiger partial charge in [-0.2, -0.15) is 0 Å². The molecule has 2 unspecified atom stereocenters. The molecule has 3 rings (SSSR count). The van der Waals surface area contributed by atoms with Gasteiger partial charge in [0.1, 0.15) is 0 Å². The maximum absolute atomic E-state index is 12.1. The van der Waals surface area contributed by atoms with E-state index >= 15 is 0 Å². The second-order valence-electron chi connectivity index (χ2n) is 7.84. The number of carbonyl (C=O) groups excluding carboxylic acids is 1. The standard InChI is InChI=1S/C24H33N5O.HI/c1-4-18(2)23(30)27-20-10-8-9-19(15-20)16-26-24(25-3)28-21-13-14-29(17-21)22-11-6-5-7-12-22;/h5-12,15,18,21H,4,13-14,16-17H2,1-3H3,(H,27,30)(H2,25,26,28);1H. The minimum absolute atomic E-state index is 0. The van der Waals surface area contributed by atoms with Crippen LogP contribution in [0.15, 0.2) is 59.6 Å². The first-order valence-electron chi connectivity index (χ1n) is 10.8. The van der Waals surface area contributed by atoms with Crippen LogP contribution in [0, 0.1) is 5.92 Å². The summed E-state index contributed by atoms with van der Waals surface area (Å²) in [6, 6.07) is 18.8. The number of anilines is 2. The predicted molar refractivity (Wildman–Crippen MR) is 140 cm³/mol. The summed E-state index contributed by atoms with van der Waals surface area (Å²) in [7, 11) is 1.79. The Bertz CT molecular complexity index is 858. The van der Waals surface area contributed by atoms with Crippen LogP contribution in [0.4, 0.5) is 11.4 Å². The van der Waals surface area contributed by atoms with E-state index < -0.39 is 0 Å². The average molecular weight is 535 g/mol. The zero-order valence-corrected chi connectivity index (χ0v) is 20.9. The molecule has 0 spiro atoms. The first-order valence-corrected chi connectivity index (χ1v) is 10.8. The van der Waals surface area contributed by atoms with Crippen LogP contribution in [0.1, 0.15) is 32.3 Å². The van der Waals surface area contributed by atoms with E-state index in [4.69, 9.17) is 0 Å². The first-order chi connectivity index (χ1) is 14.6. The summed E-state index contributed by atoms with van der Waals surface area (Å²) >= 11 is 0. The van der Waals surface area contributed by atoms with Crippen molar-refractivity contribution in [2.45, 2.75) is 39.3 Å². The normalized spacial score (nSPS) is 16.9. The van der Waals surface area contributed by atoms with Gasteiger partial charge in [-0.05, 0) is 42.7 Å². The van der Waals surface area contributed by atoms with Crippen molar-refractivity contribution < 1.29 is 4.79 Å². The molecule has 1 amide bonds. The zero-order chi connectivity index (χ0) is 21.3. The smallest absolute Gasteiger partial charge is 0.227 e. The highest BCUT2D eigenvalue weighted by atomic mass is 127. The maximum atomic E-state index is 12.1. The molecule has 1 fully saturated rings. The van der Waals surface area contributed by atoms with Crippen molar-refractivity contribution in [2.24, 2.45) is 10.9 Å². The highest BCUT2D eigenvalue weighted by Gasteiger charge is 2.23. The molecule has 0 radical (unpaired) electrons. The average Bonchev–Trinajstić information content (AvgIpc) is 3.25. The second-order valence-corrected chi connectivity index (χ2v) is 7.84. The first kappa shape index (κ1) is 25.0. The molecular weight excluding hydrogens is 501 g/mol. The number of para-hydroxylation sites is 1. The molecule has 6 nitrogen and oxygen atoms in total. The fourth-order valence-electron chi connectivity index (χ4n) is 3.54. The number of guanidine groups is 1. The molecule has 0 aromatic heterocycles. The number of nitrogens with one attached hydrogen (secondary N) is 3. The fourth-order valence-corrected chi connectivity index (χ4v) is 3.54. The van der Waals surface area contributed by atoms with E-state index in [1.165, 1.54) is 5.69 Å². The molecule has 1 saturated heterocycles. The number of hydrogen-bond donors (Lipinski definition) is 3. The highest BCUT2D eigenvalue weighted by molar-refractivity contribution is 14.0. The van der Waals surface area contributed by atoms with Crippen molar-refractivity contribution >= 4 is 47.2 Å². The third-order valence-corrected chi connectivity index (χ3v) is 5.59. The molecule has 2 aromatic carbocycles. The van der Waals surface area contributed by atoms with Crippen LogP contribution in [-0.2, 0) is 11.3 Å². The van der Waals surface area contributed by atoms with Crippen LogP contribution in [0.3, 0.4) is 0 Å². The van der Waals surface area contributed by atoms with Gasteiger partial charge in [0.15, 0.2) is 5.96 Å². The summed E-state index contributed by atoms with van der Waals surface area (Å²) < 4.78 is 0. The number of aliphatic imine (C=N–C) groups is 1. The number of benzene rings is 2. The summed E-state index contributed by atoms with van der Waals surface area (Å²) in [5.74, 6) is 0.866. The third kappa shape index (κ3) is 7.41. The van der Waals surface area contributed by atoms with Crippen LogP contribution in [-0.4, -0.2) is 38.0 Å². The maximum Gasteiger partial charge on any atom is 0.227 e. The van der Waals surface area contributed by atoms with Gasteiger partial charge < -0.3 is 20.9 Å². The zero-order valence-electron chi connectivity index (χ0n) is 18.6. The molecular formula is C24H34IN5O. The molecule has 0 saturated carbocycles. The van der Waals surface area contributed by atoms with E-state index in [9.17, 15) is 4.79 Å². The van der Waals surface area contributed by atoms with Crippen LogP contribution < -0.4 is 20.9 Å². The Balaban J connectivity index is 0.00000341. The second kappa shape index (κ2) is 12.5. The molecule has 1 aliphatic heterocycles. The Labute approximate surface area is 202 Å². The van der Waals surface area contributed by atoms with Crippen molar-refractivity contribution in [2.75, 3.05) is 30.4 Å². The van der Waals surface area contributed by atoms with Gasteiger partial charge >= 0.3 is 0 Å². The summed E-state index contributed by atoms with van der Waals surface area (Å²) in [6.07, 6.45) is 1.91. The van der Waals surface area contributed by atoms with Gasteiger partial charge in [-0.15, -0.1) is 24.0 Å². The van der Waals surface area contributed by atoms with Crippen LogP contribution in [0.25, 0.3) is 0 Å². The molecule has 168 valence electrons. The fraction of sp³-hybridized carbons (Fsp3) is 0.417. The molecule has 2 atom stereocenters. The van der Waals surface area contributed by atoms with E-state index in [0.717, 1.165) is 43.1 Å². The quantitative estimate of drug-likeness (QED) is 0.282. The summed E-state index contributed by atoms with van der Waals surface area (Å²) in [5, 5.41) is 9.92. The molecule has 31 heavy (non-hydrogen) atoms. The molecule has 7 heteroatoms. The molecule has 2 aromatic rings. The number of carbonyl (C=O) groups is 1. The minimum Gasteiger partial charge on any atom is -0.369 e. The number of rotatable bonds is 7. The van der Waals surface area contributed by atoms with E-state index in [0.29, 0.717) is 12.6 Å². The van der Waals surface area contributed by atoms with Gasteiger partial charge in [0.25, 0.3) is 0 Å². The van der Waals surface area contributed by atoms with Crippen LogP contribution in [0.2, 0.25) is 0 Å². The summed E-state index contributed by atoms with van der Waals surface area (Å²) in [4.78, 5) is 18.9. The van der Waals surface area contributed by atoms with Crippen molar-refractivity contribution in [3.05, 3.63) is 60.2 Å². The third-order valence-electron chi connectivity index (χ3n) is 5.59. The van der Waals surface area contributed by atoms with E-state index in [1.54, 1.807) is 7.05 Å². The topological polar surface area (TPSA) is 68.8 Å². The Hall–Kier alpha value is -2.29. The monoisotopic (exact) mass is 535 g/mol. The van der Waals surface area contributed by atoms with Gasteiger partial charge in [0.05, 0.1) is 0 Å². The number of halogens is 1. The lowest BCUT2D eigenvalue weighted by Crippen LogP contribution is -2.44. The van der Waals surface area contributed by atoms with Crippen molar-refractivity contribution in [3.63, 3.8) is 0 Å². The number of hydrogen-bond acceptors (Lipinski definition) is 3. The van der Waals surface area contributed by atoms with Crippen molar-refractivity contribution in [1.82, 2.24) is 10.6 Å². The molecule has 0 aliphatic carbocycles. The van der Waals surface area contributed by atoms with Gasteiger partial charge in [-0.3, -0.25) is 9.79 Å². The van der Waals surface area contributed by atoms with Crippen LogP contribution in [0.5, 0.6) is 0 Å². The van der Waals surface area contributed by atoms with Gasteiger partial charge in [-0.1, -0.05) is 44.2 Å². The lowest BCUT2D eigenvalue weighted by Gasteiger charge is -2.20. The van der Waals surface area contributed by atoms with E-state index in [1.807, 2.05) is 44.2 Å². The molecule has 3 N–H and O–H groups in total. The van der Waals surface area contributed by atoms with Gasteiger partial charge in [0, 0.05) is 50.0 Å². The van der Waals surface area contributed by atoms with Gasteiger partial charge in [-0.25, -0.2) is 0 Å². The Morgan fingerprint density at radius 2 is 1.97 bits per heavy atom. The summed E-state index contributed by atoms with van der Waals surface area (Å²) in [5.41, 5.74) is 3.19. The van der Waals surface area contributed by atoms with Crippen molar-refractivity contribution in [3.8, 4) is 0 Å². The summed E-state index contributed by atoms with van der Waals surface area (Å²) in [6.45, 7) is 6.60. The molecule has 0 bridgehead atoms. The van der Waals surface area contributed by atoms with Gasteiger partial charge in [0.2, 0.25) is 5.91 Å². The van der Waals surface area contributed by atoms with Crippen molar-refractivity contribution in [1.29, 1.82) is 0 Å². The Morgan fingerprint density at radius 1 is 1.19 bits per heavy atom. The predicted octanol–water partition coefficient (Wildman–Crippen LogP) is 4.23. The minimum atomic E-state index is 0. The Kier molecular flexibility index (Phi) is 10.1. The lowest BCUT2D eigenvalue weighted by atomic mass is 10.1. The van der Waals surface area contributed by atoms with E-state index in [-0.39, 0.29) is 35.8 Å².